The van der Waals surface area contributed by atoms with Gasteiger partial charge in [-0.3, -0.25) is 0 Å². The van der Waals surface area contributed by atoms with E-state index in [-0.39, 0.29) is 24.1 Å². The van der Waals surface area contributed by atoms with Crippen molar-refractivity contribution in [1.82, 2.24) is 9.29 Å². The average molecular weight is 313 g/mol. The van der Waals surface area contributed by atoms with Gasteiger partial charge < -0.3 is 10.4 Å². The molecule has 118 valence electrons. The Kier molecular flexibility index (Phi) is 5.55. The van der Waals surface area contributed by atoms with Gasteiger partial charge in [-0.05, 0) is 31.9 Å². The number of anilines is 1. The number of aliphatic hydroxyl groups excluding tert-OH is 1. The first kappa shape index (κ1) is 16.2. The highest BCUT2D eigenvalue weighted by molar-refractivity contribution is 7.89. The molecule has 1 heterocycles. The van der Waals surface area contributed by atoms with Crippen LogP contribution >= 0.6 is 0 Å². The quantitative estimate of drug-likeness (QED) is 0.796. The fourth-order valence-corrected chi connectivity index (χ4v) is 4.37. The molecule has 2 N–H and O–H groups in total. The van der Waals surface area contributed by atoms with E-state index in [2.05, 4.69) is 10.3 Å². The fourth-order valence-electron chi connectivity index (χ4n) is 2.74. The van der Waals surface area contributed by atoms with Crippen LogP contribution in [-0.2, 0) is 10.0 Å². The number of pyridine rings is 1. The van der Waals surface area contributed by atoms with Gasteiger partial charge >= 0.3 is 0 Å². The lowest BCUT2D eigenvalue weighted by atomic mass is 10.2. The molecule has 21 heavy (non-hydrogen) atoms. The lowest BCUT2D eigenvalue weighted by Gasteiger charge is -2.27. The van der Waals surface area contributed by atoms with Gasteiger partial charge in [0.25, 0.3) is 0 Å². The van der Waals surface area contributed by atoms with E-state index in [9.17, 15) is 13.5 Å². The molecule has 1 fully saturated rings. The second-order valence-corrected chi connectivity index (χ2v) is 7.08. The summed E-state index contributed by atoms with van der Waals surface area (Å²) in [7, 11) is -3.60. The van der Waals surface area contributed by atoms with Gasteiger partial charge in [0.05, 0.1) is 6.61 Å². The molecule has 1 aromatic heterocycles. The van der Waals surface area contributed by atoms with Crippen molar-refractivity contribution < 1.29 is 13.5 Å². The molecule has 7 heteroatoms. The van der Waals surface area contributed by atoms with Crippen molar-refractivity contribution in [3.8, 4) is 0 Å². The van der Waals surface area contributed by atoms with Crippen LogP contribution in [0, 0.1) is 0 Å². The topological polar surface area (TPSA) is 82.5 Å². The molecule has 0 saturated heterocycles. The zero-order valence-corrected chi connectivity index (χ0v) is 13.1. The van der Waals surface area contributed by atoms with E-state index in [1.54, 1.807) is 12.1 Å². The third-order valence-electron chi connectivity index (χ3n) is 3.75. The third-order valence-corrected chi connectivity index (χ3v) is 5.69. The van der Waals surface area contributed by atoms with Gasteiger partial charge in [0.15, 0.2) is 0 Å². The summed E-state index contributed by atoms with van der Waals surface area (Å²) in [6.45, 7) is 2.66. The Labute approximate surface area is 126 Å². The lowest BCUT2D eigenvalue weighted by molar-refractivity contribution is 0.226. The van der Waals surface area contributed by atoms with Crippen LogP contribution in [0.15, 0.2) is 23.2 Å². The smallest absolute Gasteiger partial charge is 0.244 e. The van der Waals surface area contributed by atoms with Gasteiger partial charge in [-0.15, -0.1) is 0 Å². The second-order valence-electron chi connectivity index (χ2n) is 5.19. The molecule has 0 aliphatic heterocycles. The standard InChI is InChI=1S/C14H23N3O3S/c1-2-15-14-8-7-13(11-16-14)21(19,20)17(9-10-18)12-5-3-4-6-12/h7-8,11-12,18H,2-6,9-10H2,1H3,(H,15,16). The van der Waals surface area contributed by atoms with Gasteiger partial charge in [-0.2, -0.15) is 4.31 Å². The molecule has 0 atom stereocenters. The molecule has 0 aromatic carbocycles. The molecular formula is C14H23N3O3S. The Hall–Kier alpha value is -1.18. The number of hydrogen-bond donors (Lipinski definition) is 2. The van der Waals surface area contributed by atoms with Gasteiger partial charge in [0, 0.05) is 25.3 Å². The molecule has 1 saturated carbocycles. The fraction of sp³-hybridized carbons (Fsp3) is 0.643. The van der Waals surface area contributed by atoms with E-state index in [1.165, 1.54) is 10.5 Å². The highest BCUT2D eigenvalue weighted by Gasteiger charge is 2.32. The maximum Gasteiger partial charge on any atom is 0.244 e. The molecule has 1 aliphatic carbocycles. The summed E-state index contributed by atoms with van der Waals surface area (Å²) < 4.78 is 26.9. The molecule has 1 aliphatic rings. The van der Waals surface area contributed by atoms with E-state index in [4.69, 9.17) is 0 Å². The largest absolute Gasteiger partial charge is 0.395 e. The molecule has 2 rings (SSSR count). The predicted molar refractivity (Wildman–Crippen MR) is 81.6 cm³/mol. The van der Waals surface area contributed by atoms with Crippen molar-refractivity contribution in [2.24, 2.45) is 0 Å². The van der Waals surface area contributed by atoms with Crippen molar-refractivity contribution in [2.75, 3.05) is 25.0 Å². The van der Waals surface area contributed by atoms with E-state index in [0.29, 0.717) is 5.82 Å². The third kappa shape index (κ3) is 3.72. The highest BCUT2D eigenvalue weighted by Crippen LogP contribution is 2.28. The van der Waals surface area contributed by atoms with Gasteiger partial charge in [0.2, 0.25) is 10.0 Å². The Balaban J connectivity index is 2.24. The van der Waals surface area contributed by atoms with E-state index >= 15 is 0 Å². The molecule has 0 amide bonds. The minimum absolute atomic E-state index is 0.00408. The van der Waals surface area contributed by atoms with Gasteiger partial charge in [-0.1, -0.05) is 12.8 Å². The first-order chi connectivity index (χ1) is 10.1. The first-order valence-corrected chi connectivity index (χ1v) is 8.86. The number of aliphatic hydroxyl groups is 1. The van der Waals surface area contributed by atoms with Crippen molar-refractivity contribution in [3.63, 3.8) is 0 Å². The zero-order chi connectivity index (χ0) is 15.3. The Morgan fingerprint density at radius 1 is 1.38 bits per heavy atom. The molecule has 6 nitrogen and oxygen atoms in total. The van der Waals surface area contributed by atoms with Crippen LogP contribution in [0.1, 0.15) is 32.6 Å². The summed E-state index contributed by atoms with van der Waals surface area (Å²) in [4.78, 5) is 4.31. The van der Waals surface area contributed by atoms with Crippen molar-refractivity contribution in [3.05, 3.63) is 18.3 Å². The summed E-state index contributed by atoms with van der Waals surface area (Å²) in [6.07, 6.45) is 5.19. The molecule has 1 aromatic rings. The zero-order valence-electron chi connectivity index (χ0n) is 12.3. The van der Waals surface area contributed by atoms with E-state index in [1.807, 2.05) is 6.92 Å². The van der Waals surface area contributed by atoms with Crippen molar-refractivity contribution >= 4 is 15.8 Å². The molecular weight excluding hydrogens is 290 g/mol. The number of nitrogens with zero attached hydrogens (tertiary/aromatic N) is 2. The average Bonchev–Trinajstić information content (AvgIpc) is 2.99. The normalized spacial score (nSPS) is 16.5. The number of sulfonamides is 1. The van der Waals surface area contributed by atoms with Crippen LogP contribution in [0.3, 0.4) is 0 Å². The first-order valence-electron chi connectivity index (χ1n) is 7.42. The Bertz CT molecular complexity index is 539. The monoisotopic (exact) mass is 313 g/mol. The van der Waals surface area contributed by atoms with E-state index in [0.717, 1.165) is 32.2 Å². The minimum atomic E-state index is -3.60. The number of hydrogen-bond acceptors (Lipinski definition) is 5. The maximum atomic E-state index is 12.7. The summed E-state index contributed by atoms with van der Waals surface area (Å²) in [5.41, 5.74) is 0. The van der Waals surface area contributed by atoms with Crippen molar-refractivity contribution in [2.45, 2.75) is 43.5 Å². The number of aromatic nitrogens is 1. The van der Waals surface area contributed by atoms with Gasteiger partial charge in [-0.25, -0.2) is 13.4 Å². The van der Waals surface area contributed by atoms with Crippen LogP contribution < -0.4 is 5.32 Å². The van der Waals surface area contributed by atoms with Crippen LogP contribution in [0.5, 0.6) is 0 Å². The lowest BCUT2D eigenvalue weighted by Crippen LogP contribution is -2.40. The molecule has 0 spiro atoms. The molecule has 0 bridgehead atoms. The summed E-state index contributed by atoms with van der Waals surface area (Å²) >= 11 is 0. The van der Waals surface area contributed by atoms with Crippen LogP contribution in [-0.4, -0.2) is 48.6 Å². The Morgan fingerprint density at radius 2 is 2.10 bits per heavy atom. The van der Waals surface area contributed by atoms with Crippen LogP contribution in [0.4, 0.5) is 5.82 Å². The maximum absolute atomic E-state index is 12.7. The van der Waals surface area contributed by atoms with Crippen LogP contribution in [0.25, 0.3) is 0 Å². The minimum Gasteiger partial charge on any atom is -0.395 e. The Morgan fingerprint density at radius 3 is 2.62 bits per heavy atom. The highest BCUT2D eigenvalue weighted by atomic mass is 32.2. The summed E-state index contributed by atoms with van der Waals surface area (Å²) in [5.74, 6) is 0.658. The SMILES string of the molecule is CCNc1ccc(S(=O)(=O)N(CCO)C2CCCC2)cn1. The molecule has 0 radical (unpaired) electrons. The summed E-state index contributed by atoms with van der Waals surface area (Å²) in [6, 6.07) is 3.23. The van der Waals surface area contributed by atoms with Gasteiger partial charge in [0.1, 0.15) is 10.7 Å². The van der Waals surface area contributed by atoms with Crippen molar-refractivity contribution in [1.29, 1.82) is 0 Å². The number of rotatable bonds is 7. The number of nitrogens with one attached hydrogen (secondary N) is 1. The molecule has 0 unspecified atom stereocenters. The van der Waals surface area contributed by atoms with Crippen LogP contribution in [0.2, 0.25) is 0 Å². The van der Waals surface area contributed by atoms with E-state index < -0.39 is 10.0 Å². The summed E-state index contributed by atoms with van der Waals surface area (Å²) in [5, 5.41) is 12.2. The second kappa shape index (κ2) is 7.20. The predicted octanol–water partition coefficient (Wildman–Crippen LogP) is 1.44.